The molecule has 0 aliphatic rings. The number of esters is 1. The first-order valence-corrected chi connectivity index (χ1v) is 6.10. The molecule has 0 atom stereocenters. The van der Waals surface area contributed by atoms with E-state index in [4.69, 9.17) is 22.1 Å². The summed E-state index contributed by atoms with van der Waals surface area (Å²) in [6, 6.07) is 1.05. The first-order chi connectivity index (χ1) is 10.4. The predicted molar refractivity (Wildman–Crippen MR) is 73.3 cm³/mol. The molecule has 2 aromatic heterocycles. The van der Waals surface area contributed by atoms with E-state index in [1.807, 2.05) is 4.98 Å². The normalized spacial score (nSPS) is 10.2. The van der Waals surface area contributed by atoms with Gasteiger partial charge in [-0.3, -0.25) is 14.3 Å². The summed E-state index contributed by atoms with van der Waals surface area (Å²) in [7, 11) is 0. The highest BCUT2D eigenvalue weighted by Gasteiger charge is 2.16. The molecule has 2 aromatic rings. The molecule has 0 aliphatic heterocycles. The van der Waals surface area contributed by atoms with Crippen molar-refractivity contribution in [3.63, 3.8) is 0 Å². The number of rotatable bonds is 4. The van der Waals surface area contributed by atoms with Gasteiger partial charge < -0.3 is 14.8 Å². The SMILES string of the molecule is O=C(Cn1ccc(=O)[nH]c1=O)Oc1[nH]c(=S)ncc1C(=O)O. The number of nitrogens with one attached hydrogen (secondary N) is 2. The van der Waals surface area contributed by atoms with Gasteiger partial charge in [0.15, 0.2) is 4.77 Å². The predicted octanol–water partition coefficient (Wildman–Crippen LogP) is -0.707. The lowest BCUT2D eigenvalue weighted by Gasteiger charge is -2.07. The molecule has 0 unspecified atom stereocenters. The van der Waals surface area contributed by atoms with Gasteiger partial charge in [0.1, 0.15) is 12.1 Å². The fraction of sp³-hybridized carbons (Fsp3) is 0.0909. The number of carboxylic acids is 1. The van der Waals surface area contributed by atoms with E-state index in [0.29, 0.717) is 0 Å². The van der Waals surface area contributed by atoms with E-state index in [2.05, 4.69) is 9.97 Å². The second kappa shape index (κ2) is 6.13. The smallest absolute Gasteiger partial charge is 0.342 e. The number of H-pyrrole nitrogens is 2. The van der Waals surface area contributed by atoms with Crippen molar-refractivity contribution in [1.82, 2.24) is 19.5 Å². The van der Waals surface area contributed by atoms with Crippen LogP contribution in [0, 0.1) is 4.77 Å². The molecule has 2 rings (SSSR count). The number of aromatic amines is 2. The second-order valence-electron chi connectivity index (χ2n) is 3.95. The van der Waals surface area contributed by atoms with E-state index >= 15 is 0 Å². The molecule has 0 fully saturated rings. The lowest BCUT2D eigenvalue weighted by molar-refractivity contribution is -0.135. The number of ether oxygens (including phenoxy) is 1. The Labute approximate surface area is 126 Å². The van der Waals surface area contributed by atoms with Crippen LogP contribution in [0.4, 0.5) is 0 Å². The summed E-state index contributed by atoms with van der Waals surface area (Å²) in [5.41, 5.74) is -1.80. The summed E-state index contributed by atoms with van der Waals surface area (Å²) in [4.78, 5) is 52.9. The third-order valence-corrected chi connectivity index (χ3v) is 2.63. The van der Waals surface area contributed by atoms with Gasteiger partial charge in [-0.15, -0.1) is 0 Å². The van der Waals surface area contributed by atoms with Crippen molar-refractivity contribution in [1.29, 1.82) is 0 Å². The Balaban J connectivity index is 2.24. The lowest BCUT2D eigenvalue weighted by atomic mass is 10.3. The average Bonchev–Trinajstić information content (AvgIpc) is 2.41. The third kappa shape index (κ3) is 3.52. The van der Waals surface area contributed by atoms with Crippen LogP contribution < -0.4 is 16.0 Å². The monoisotopic (exact) mass is 324 g/mol. The van der Waals surface area contributed by atoms with Crippen LogP contribution in [0.1, 0.15) is 10.4 Å². The van der Waals surface area contributed by atoms with Crippen LogP contribution in [0.2, 0.25) is 0 Å². The molecule has 0 saturated heterocycles. The molecular weight excluding hydrogens is 316 g/mol. The van der Waals surface area contributed by atoms with Crippen molar-refractivity contribution in [3.05, 3.63) is 49.6 Å². The van der Waals surface area contributed by atoms with E-state index in [-0.39, 0.29) is 4.77 Å². The van der Waals surface area contributed by atoms with Crippen LogP contribution in [0.3, 0.4) is 0 Å². The first-order valence-electron chi connectivity index (χ1n) is 5.70. The zero-order chi connectivity index (χ0) is 16.3. The molecule has 3 N–H and O–H groups in total. The molecule has 10 nitrogen and oxygen atoms in total. The van der Waals surface area contributed by atoms with Crippen molar-refractivity contribution in [2.45, 2.75) is 6.54 Å². The Morgan fingerprint density at radius 2 is 2.09 bits per heavy atom. The Morgan fingerprint density at radius 3 is 2.73 bits per heavy atom. The van der Waals surface area contributed by atoms with Crippen LogP contribution in [-0.2, 0) is 11.3 Å². The zero-order valence-corrected chi connectivity index (χ0v) is 11.5. The number of nitrogens with zero attached hydrogens (tertiary/aromatic N) is 2. The maximum atomic E-state index is 11.8. The van der Waals surface area contributed by atoms with Crippen LogP contribution in [0.5, 0.6) is 5.88 Å². The molecule has 0 bridgehead atoms. The van der Waals surface area contributed by atoms with E-state index in [0.717, 1.165) is 23.0 Å². The number of hydrogen-bond acceptors (Lipinski definition) is 7. The summed E-state index contributed by atoms with van der Waals surface area (Å²) >= 11 is 4.72. The number of carbonyl (C=O) groups is 2. The minimum Gasteiger partial charge on any atom is -0.477 e. The van der Waals surface area contributed by atoms with Crippen molar-refractivity contribution < 1.29 is 19.4 Å². The summed E-state index contributed by atoms with van der Waals surface area (Å²) < 4.78 is 5.66. The molecule has 0 radical (unpaired) electrons. The highest BCUT2D eigenvalue weighted by Crippen LogP contribution is 2.13. The van der Waals surface area contributed by atoms with E-state index in [1.165, 1.54) is 0 Å². The van der Waals surface area contributed by atoms with Gasteiger partial charge in [0.05, 0.1) is 6.20 Å². The summed E-state index contributed by atoms with van der Waals surface area (Å²) in [5, 5.41) is 8.95. The minimum atomic E-state index is -1.37. The van der Waals surface area contributed by atoms with Crippen molar-refractivity contribution in [2.75, 3.05) is 0 Å². The Kier molecular flexibility index (Phi) is 4.27. The summed E-state index contributed by atoms with van der Waals surface area (Å²) in [5.74, 6) is -2.70. The van der Waals surface area contributed by atoms with Gasteiger partial charge in [0.25, 0.3) is 5.56 Å². The van der Waals surface area contributed by atoms with Crippen LogP contribution in [0.15, 0.2) is 28.0 Å². The van der Waals surface area contributed by atoms with Gasteiger partial charge in [-0.2, -0.15) is 0 Å². The largest absolute Gasteiger partial charge is 0.477 e. The number of aromatic carboxylic acids is 1. The highest BCUT2D eigenvalue weighted by molar-refractivity contribution is 7.71. The zero-order valence-electron chi connectivity index (χ0n) is 10.7. The van der Waals surface area contributed by atoms with Crippen molar-refractivity contribution in [3.8, 4) is 5.88 Å². The molecule has 2 heterocycles. The lowest BCUT2D eigenvalue weighted by Crippen LogP contribution is -2.32. The second-order valence-corrected chi connectivity index (χ2v) is 4.34. The van der Waals surface area contributed by atoms with Gasteiger partial charge in [0, 0.05) is 12.3 Å². The molecule has 114 valence electrons. The molecule has 0 amide bonds. The Hall–Kier alpha value is -3.08. The molecule has 0 aliphatic carbocycles. The maximum Gasteiger partial charge on any atom is 0.342 e. The van der Waals surface area contributed by atoms with Crippen LogP contribution in [0.25, 0.3) is 0 Å². The standard InChI is InChI=1S/C11H8N4O6S/c16-6-1-2-15(11(20)13-6)4-7(17)21-8-5(9(18)19)3-12-10(22)14-8/h1-3H,4H2,(H,18,19)(H,12,14,22)(H,13,16,20). The Bertz CT molecular complexity index is 912. The fourth-order valence-electron chi connectivity index (χ4n) is 1.47. The summed E-state index contributed by atoms with van der Waals surface area (Å²) in [6.07, 6.45) is 2.05. The molecule has 0 saturated carbocycles. The van der Waals surface area contributed by atoms with E-state index in [9.17, 15) is 19.2 Å². The maximum absolute atomic E-state index is 11.8. The van der Waals surface area contributed by atoms with E-state index < -0.39 is 41.2 Å². The van der Waals surface area contributed by atoms with Gasteiger partial charge in [-0.1, -0.05) is 0 Å². The third-order valence-electron chi connectivity index (χ3n) is 2.42. The average molecular weight is 324 g/mol. The molecule has 11 heteroatoms. The topological polar surface area (TPSA) is 147 Å². The van der Waals surface area contributed by atoms with E-state index in [1.54, 1.807) is 0 Å². The number of carbonyl (C=O) groups excluding carboxylic acids is 1. The van der Waals surface area contributed by atoms with Crippen molar-refractivity contribution >= 4 is 24.2 Å². The first kappa shape index (κ1) is 15.3. The van der Waals surface area contributed by atoms with Crippen LogP contribution in [-0.4, -0.2) is 36.6 Å². The van der Waals surface area contributed by atoms with Gasteiger partial charge in [-0.05, 0) is 12.2 Å². The van der Waals surface area contributed by atoms with Gasteiger partial charge in [0.2, 0.25) is 5.88 Å². The number of carboxylic acid groups (broad SMARTS) is 1. The number of aromatic nitrogens is 4. The quantitative estimate of drug-likeness (QED) is 0.493. The molecule has 0 spiro atoms. The minimum absolute atomic E-state index is 0.0750. The molecule has 0 aromatic carbocycles. The molecule has 22 heavy (non-hydrogen) atoms. The Morgan fingerprint density at radius 1 is 1.36 bits per heavy atom. The van der Waals surface area contributed by atoms with Gasteiger partial charge in [-0.25, -0.2) is 19.4 Å². The van der Waals surface area contributed by atoms with Crippen LogP contribution >= 0.6 is 12.2 Å². The van der Waals surface area contributed by atoms with Crippen molar-refractivity contribution in [2.24, 2.45) is 0 Å². The molecular formula is C11H8N4O6S. The fourth-order valence-corrected chi connectivity index (χ4v) is 1.61. The summed E-state index contributed by atoms with van der Waals surface area (Å²) in [6.45, 7) is -0.530. The van der Waals surface area contributed by atoms with Gasteiger partial charge >= 0.3 is 17.6 Å². The number of hydrogen-bond donors (Lipinski definition) is 3. The highest BCUT2D eigenvalue weighted by atomic mass is 32.1.